The normalized spacial score (nSPS) is 21.3. The summed E-state index contributed by atoms with van der Waals surface area (Å²) in [6.07, 6.45) is 0.958. The van der Waals surface area contributed by atoms with Crippen molar-refractivity contribution in [1.29, 1.82) is 0 Å². The van der Waals surface area contributed by atoms with Crippen molar-refractivity contribution >= 4 is 47.1 Å². The van der Waals surface area contributed by atoms with Gasteiger partial charge in [-0.05, 0) is 12.1 Å². The Morgan fingerprint density at radius 1 is 1.17 bits per heavy atom. The highest BCUT2D eigenvalue weighted by molar-refractivity contribution is 6.44. The molecule has 0 saturated carbocycles. The average Bonchev–Trinajstić information content (AvgIpc) is 2.98. The van der Waals surface area contributed by atoms with Gasteiger partial charge in [0.15, 0.2) is 0 Å². The predicted octanol–water partition coefficient (Wildman–Crippen LogP) is 1.65. The molecule has 1 atom stereocenters. The molecule has 2 saturated heterocycles. The fraction of sp³-hybridized carbons (Fsp3) is 0.438. The van der Waals surface area contributed by atoms with Gasteiger partial charge in [0.2, 0.25) is 18.2 Å². The molecule has 0 aliphatic carbocycles. The minimum Gasteiger partial charge on any atom is -0.342 e. The van der Waals surface area contributed by atoms with Crippen LogP contribution in [0.3, 0.4) is 0 Å². The number of hydrogen-bond acceptors (Lipinski definition) is 3. The second kappa shape index (κ2) is 6.99. The predicted molar refractivity (Wildman–Crippen MR) is 91.1 cm³/mol. The van der Waals surface area contributed by atoms with Crippen LogP contribution in [0.4, 0.5) is 5.69 Å². The molecule has 1 aromatic carbocycles. The fourth-order valence-electron chi connectivity index (χ4n) is 3.11. The van der Waals surface area contributed by atoms with Crippen LogP contribution in [-0.4, -0.2) is 60.7 Å². The van der Waals surface area contributed by atoms with Crippen LogP contribution in [0, 0.1) is 5.92 Å². The molecule has 3 rings (SSSR count). The van der Waals surface area contributed by atoms with Crippen LogP contribution >= 0.6 is 23.2 Å². The van der Waals surface area contributed by atoms with Gasteiger partial charge in [0.25, 0.3) is 0 Å². The van der Waals surface area contributed by atoms with Gasteiger partial charge in [-0.1, -0.05) is 29.3 Å². The van der Waals surface area contributed by atoms with Gasteiger partial charge in [0.05, 0.1) is 21.7 Å². The van der Waals surface area contributed by atoms with E-state index in [2.05, 4.69) is 0 Å². The third-order valence-electron chi connectivity index (χ3n) is 4.47. The molecule has 0 radical (unpaired) electrons. The molecule has 6 nitrogen and oxygen atoms in total. The summed E-state index contributed by atoms with van der Waals surface area (Å²) in [6, 6.07) is 5.11. The molecule has 3 amide bonds. The van der Waals surface area contributed by atoms with Crippen molar-refractivity contribution in [3.63, 3.8) is 0 Å². The van der Waals surface area contributed by atoms with Crippen LogP contribution in [0.1, 0.15) is 6.42 Å². The summed E-state index contributed by atoms with van der Waals surface area (Å²) in [5, 5.41) is 0.696. The summed E-state index contributed by atoms with van der Waals surface area (Å²) >= 11 is 12.2. The number of anilines is 1. The topological polar surface area (TPSA) is 60.9 Å². The molecule has 1 aromatic rings. The van der Waals surface area contributed by atoms with Crippen molar-refractivity contribution in [2.45, 2.75) is 6.42 Å². The van der Waals surface area contributed by atoms with E-state index < -0.39 is 5.92 Å². The van der Waals surface area contributed by atoms with Crippen molar-refractivity contribution in [2.75, 3.05) is 37.6 Å². The number of hydrogen-bond donors (Lipinski definition) is 0. The molecule has 2 fully saturated rings. The molecule has 0 spiro atoms. The van der Waals surface area contributed by atoms with Crippen LogP contribution in [0.5, 0.6) is 0 Å². The van der Waals surface area contributed by atoms with Crippen molar-refractivity contribution in [1.82, 2.24) is 9.80 Å². The minimum atomic E-state index is -0.393. The first-order valence-electron chi connectivity index (χ1n) is 7.73. The average molecular weight is 370 g/mol. The van der Waals surface area contributed by atoms with E-state index in [1.807, 2.05) is 0 Å². The number of piperazine rings is 1. The van der Waals surface area contributed by atoms with E-state index >= 15 is 0 Å². The smallest absolute Gasteiger partial charge is 0.228 e. The Morgan fingerprint density at radius 2 is 1.88 bits per heavy atom. The van der Waals surface area contributed by atoms with E-state index in [-0.39, 0.29) is 18.2 Å². The molecule has 2 aliphatic rings. The summed E-state index contributed by atoms with van der Waals surface area (Å²) < 4.78 is 0. The molecule has 0 aromatic heterocycles. The van der Waals surface area contributed by atoms with Gasteiger partial charge in [0.1, 0.15) is 0 Å². The largest absolute Gasteiger partial charge is 0.342 e. The van der Waals surface area contributed by atoms with Crippen LogP contribution in [0.15, 0.2) is 18.2 Å². The van der Waals surface area contributed by atoms with E-state index in [1.165, 1.54) is 4.90 Å². The molecule has 2 aliphatic heterocycles. The summed E-state index contributed by atoms with van der Waals surface area (Å²) in [7, 11) is 0. The molecule has 1 unspecified atom stereocenters. The van der Waals surface area contributed by atoms with Gasteiger partial charge >= 0.3 is 0 Å². The summed E-state index contributed by atoms with van der Waals surface area (Å²) in [6.45, 7) is 2.35. The lowest BCUT2D eigenvalue weighted by Gasteiger charge is -2.33. The van der Waals surface area contributed by atoms with Gasteiger partial charge in [0, 0.05) is 39.1 Å². The highest BCUT2D eigenvalue weighted by atomic mass is 35.5. The Hall–Kier alpha value is -1.79. The van der Waals surface area contributed by atoms with Crippen LogP contribution in [0.2, 0.25) is 10.0 Å². The quantitative estimate of drug-likeness (QED) is 0.761. The Morgan fingerprint density at radius 3 is 2.54 bits per heavy atom. The summed E-state index contributed by atoms with van der Waals surface area (Å²) in [5.41, 5.74) is 0.537. The minimum absolute atomic E-state index is 0.0467. The highest BCUT2D eigenvalue weighted by Crippen LogP contribution is 2.36. The second-order valence-electron chi connectivity index (χ2n) is 5.94. The number of amides is 3. The first-order chi connectivity index (χ1) is 11.5. The fourth-order valence-corrected chi connectivity index (χ4v) is 3.51. The lowest BCUT2D eigenvalue weighted by molar-refractivity contribution is -0.139. The number of carbonyl (C=O) groups is 3. The Labute approximate surface area is 149 Å². The maximum absolute atomic E-state index is 12.7. The first kappa shape index (κ1) is 17.0. The lowest BCUT2D eigenvalue weighted by atomic mass is 10.1. The number of halogens is 2. The summed E-state index contributed by atoms with van der Waals surface area (Å²) in [5.74, 6) is -0.575. The molecular formula is C16H17Cl2N3O3. The maximum atomic E-state index is 12.7. The van der Waals surface area contributed by atoms with E-state index in [0.29, 0.717) is 48.5 Å². The van der Waals surface area contributed by atoms with Gasteiger partial charge in [-0.2, -0.15) is 0 Å². The molecule has 0 bridgehead atoms. The zero-order valence-electron chi connectivity index (χ0n) is 13.0. The van der Waals surface area contributed by atoms with Gasteiger partial charge in [-0.25, -0.2) is 0 Å². The lowest BCUT2D eigenvalue weighted by Crippen LogP contribution is -2.50. The summed E-state index contributed by atoms with van der Waals surface area (Å²) in [4.78, 5) is 40.6. The number of nitrogens with zero attached hydrogens (tertiary/aromatic N) is 3. The van der Waals surface area contributed by atoms with Crippen molar-refractivity contribution < 1.29 is 14.4 Å². The molecule has 24 heavy (non-hydrogen) atoms. The third kappa shape index (κ3) is 3.21. The second-order valence-corrected chi connectivity index (χ2v) is 6.73. The third-order valence-corrected chi connectivity index (χ3v) is 5.28. The number of benzene rings is 1. The monoisotopic (exact) mass is 369 g/mol. The van der Waals surface area contributed by atoms with Gasteiger partial charge in [-0.15, -0.1) is 0 Å². The van der Waals surface area contributed by atoms with Crippen LogP contribution in [0.25, 0.3) is 0 Å². The van der Waals surface area contributed by atoms with Gasteiger partial charge in [-0.3, -0.25) is 14.4 Å². The first-order valence-corrected chi connectivity index (χ1v) is 8.49. The van der Waals surface area contributed by atoms with Crippen molar-refractivity contribution in [3.05, 3.63) is 28.2 Å². The molecule has 2 heterocycles. The van der Waals surface area contributed by atoms with E-state index in [9.17, 15) is 14.4 Å². The number of carbonyl (C=O) groups excluding carboxylic acids is 3. The zero-order chi connectivity index (χ0) is 17.3. The van der Waals surface area contributed by atoms with E-state index in [1.54, 1.807) is 28.0 Å². The van der Waals surface area contributed by atoms with Gasteiger partial charge < -0.3 is 14.7 Å². The Balaban J connectivity index is 1.69. The SMILES string of the molecule is O=CN1CCN(C(=O)C2CC(=O)N(c3cccc(Cl)c3Cl)C2)CC1. The molecule has 0 N–H and O–H groups in total. The Kier molecular flexibility index (Phi) is 4.96. The van der Waals surface area contributed by atoms with Crippen LogP contribution < -0.4 is 4.90 Å². The Bertz CT molecular complexity index is 675. The molecular weight excluding hydrogens is 353 g/mol. The zero-order valence-corrected chi connectivity index (χ0v) is 14.5. The van der Waals surface area contributed by atoms with Crippen LogP contribution in [-0.2, 0) is 14.4 Å². The number of rotatable bonds is 3. The van der Waals surface area contributed by atoms with E-state index in [0.717, 1.165) is 6.41 Å². The molecule has 8 heteroatoms. The van der Waals surface area contributed by atoms with Crippen molar-refractivity contribution in [2.24, 2.45) is 5.92 Å². The standard InChI is InChI=1S/C16H17Cl2N3O3/c17-12-2-1-3-13(15(12)18)21-9-11(8-14(21)23)16(24)20-6-4-19(10-22)5-7-20/h1-3,10-11H,4-9H2. The maximum Gasteiger partial charge on any atom is 0.228 e. The molecule has 128 valence electrons. The highest BCUT2D eigenvalue weighted by Gasteiger charge is 2.38. The van der Waals surface area contributed by atoms with E-state index in [4.69, 9.17) is 23.2 Å². The van der Waals surface area contributed by atoms with Crippen molar-refractivity contribution in [3.8, 4) is 0 Å².